The molecule has 0 fully saturated rings. The van der Waals surface area contributed by atoms with E-state index in [-0.39, 0.29) is 36.3 Å². The van der Waals surface area contributed by atoms with E-state index in [2.05, 4.69) is 223 Å². The van der Waals surface area contributed by atoms with Crippen molar-refractivity contribution in [2.24, 2.45) is 0 Å². The summed E-state index contributed by atoms with van der Waals surface area (Å²) < 4.78 is 0. The maximum atomic E-state index is 2.85. The van der Waals surface area contributed by atoms with Crippen molar-refractivity contribution in [2.75, 3.05) is 26.7 Å². The third-order valence-corrected chi connectivity index (χ3v) is 125. The molecule has 0 aliphatic rings. The van der Waals surface area contributed by atoms with Crippen LogP contribution >= 0.6 is 15.8 Å². The molecule has 49 heavy (non-hydrogen) atoms. The number of benzene rings is 2. The van der Waals surface area contributed by atoms with E-state index < -0.39 is 44.2 Å². The second kappa shape index (κ2) is 19.2. The Balaban J connectivity index is 0. The summed E-state index contributed by atoms with van der Waals surface area (Å²) in [6.45, 7) is 62.6. The topological polar surface area (TPSA) is 0 Å². The fourth-order valence-corrected chi connectivity index (χ4v) is 187. The summed E-state index contributed by atoms with van der Waals surface area (Å²) in [5.41, 5.74) is 0. The Bertz CT molecular complexity index is 1130. The molecule has 0 heterocycles. The van der Waals surface area contributed by atoms with Gasteiger partial charge in [-0.15, -0.1) is 0 Å². The first-order valence-electron chi connectivity index (χ1n) is 18.6. The van der Waals surface area contributed by atoms with Crippen molar-refractivity contribution < 1.29 is 20.4 Å². The van der Waals surface area contributed by atoms with Crippen LogP contribution in [0.15, 0.2) is 60.7 Å². The van der Waals surface area contributed by atoms with E-state index in [0.717, 1.165) is 0 Å². The molecule has 286 valence electrons. The molecule has 0 spiro atoms. The molecule has 0 N–H and O–H groups in total. The molecule has 0 bridgehead atoms. The fourth-order valence-electron chi connectivity index (χ4n) is 5.86. The zero-order valence-electron chi connectivity index (χ0n) is 37.1. The van der Waals surface area contributed by atoms with Crippen LogP contribution in [0.1, 0.15) is 83.1 Å². The maximum Gasteiger partial charge on any atom is 0.0908 e. The van der Waals surface area contributed by atoms with Crippen LogP contribution in [0, 0.1) is 0 Å². The first-order chi connectivity index (χ1) is 21.1. The number of hydrogen-bond acceptors (Lipinski definition) is 0. The molecule has 0 aliphatic carbocycles. The molecule has 0 nitrogen and oxygen atoms in total. The molecular weight excluding hydrogens is 817 g/mol. The van der Waals surface area contributed by atoms with E-state index in [4.69, 9.17) is 0 Å². The maximum absolute atomic E-state index is 2.85. The third-order valence-electron chi connectivity index (χ3n) is 13.0. The molecule has 0 aliphatic heterocycles. The Kier molecular flexibility index (Phi) is 20.5. The fraction of sp³-hybridized carbons (Fsp3) is 0.700. The number of hydrogen-bond donors (Lipinski definition) is 0. The Morgan fingerprint density at radius 1 is 0.367 bits per heavy atom. The van der Waals surface area contributed by atoms with Crippen LogP contribution in [0.4, 0.5) is 0 Å². The number of rotatable bonds is 6. The van der Waals surface area contributed by atoms with Crippen molar-refractivity contribution in [1.82, 2.24) is 0 Å². The summed E-state index contributed by atoms with van der Waals surface area (Å²) in [5, 5.41) is 5.02. The third kappa shape index (κ3) is 13.8. The summed E-state index contributed by atoms with van der Waals surface area (Å²) >= 11 is 0. The van der Waals surface area contributed by atoms with E-state index in [1.807, 2.05) is 0 Å². The Morgan fingerprint density at radius 3 is 0.633 bits per heavy atom. The minimum atomic E-state index is -1.44. The van der Waals surface area contributed by atoms with Gasteiger partial charge in [0.2, 0.25) is 0 Å². The van der Waals surface area contributed by atoms with E-state index in [1.54, 1.807) is 0 Å². The SMILES string of the molecule is CC(C)(C)[Si](C)(C)[Si](=[Si]([Si](C)(C)C(C)(C)C)[Si](C)(C)C(C)(C)C)[Si](C)(C)C(C)(C)C.C[PH+](C)c1ccccc1.C[PH+](C)c1ccccc1.[Pd]. The molecule has 0 radical (unpaired) electrons. The largest absolute Gasteiger partial charge is 0.0908 e. The molecule has 0 amide bonds. The van der Waals surface area contributed by atoms with Gasteiger partial charge in [-0.1, -0.05) is 172 Å². The minimum absolute atomic E-state index is 0. The molecule has 0 aromatic heterocycles. The smallest absolute Gasteiger partial charge is 0.0690 e. The van der Waals surface area contributed by atoms with Crippen LogP contribution in [0.3, 0.4) is 0 Å². The Morgan fingerprint density at radius 2 is 0.531 bits per heavy atom. The van der Waals surface area contributed by atoms with E-state index >= 15 is 0 Å². The molecule has 2 aromatic rings. The predicted octanol–water partition coefficient (Wildman–Crippen LogP) is 13.0. The van der Waals surface area contributed by atoms with E-state index in [9.17, 15) is 0 Å². The first kappa shape index (κ1) is 52.4. The standard InChI is InChI=1S/C24H60Si6.2C8H11P.Pd/c1-21(2,3)27(13,14)25(28(15,16)22(4,5)6)26(29(17,18)23(7,8)9)30(19,20)24(10,11)12;2*1-9(2)8-6-4-3-5-7-8;/h1-20H3;2*3-7H,1-2H3;/p+2. The van der Waals surface area contributed by atoms with Crippen LogP contribution < -0.4 is 10.6 Å². The Hall–Kier alpha value is 1.26. The van der Waals surface area contributed by atoms with Crippen LogP contribution in [0.5, 0.6) is 0 Å². The predicted molar refractivity (Wildman–Crippen MR) is 253 cm³/mol. The van der Waals surface area contributed by atoms with Crippen molar-refractivity contribution in [3.8, 4) is 0 Å². The summed E-state index contributed by atoms with van der Waals surface area (Å²) in [5.74, 6) is 0. The molecule has 9 heteroatoms. The second-order valence-electron chi connectivity index (χ2n) is 21.0. The van der Waals surface area contributed by atoms with Gasteiger partial charge in [-0.25, -0.2) is 0 Å². The first-order valence-corrected chi connectivity index (χ1v) is 43.6. The summed E-state index contributed by atoms with van der Waals surface area (Å²) in [6.07, 6.45) is 0. The molecule has 0 atom stereocenters. The molecule has 2 rings (SSSR count). The quantitative estimate of drug-likeness (QED) is 0.200. The van der Waals surface area contributed by atoms with Gasteiger partial charge in [-0.3, -0.25) is 0 Å². The van der Waals surface area contributed by atoms with Crippen LogP contribution in [-0.2, 0) is 20.4 Å². The van der Waals surface area contributed by atoms with Gasteiger partial charge in [-0.05, 0) is 58.3 Å². The molecule has 0 unspecified atom stereocenters. The van der Waals surface area contributed by atoms with Crippen molar-refractivity contribution >= 4 is 70.7 Å². The summed E-state index contributed by atoms with van der Waals surface area (Å²) in [4.78, 5) is 0. The van der Waals surface area contributed by atoms with Gasteiger partial charge in [0.15, 0.2) is 0 Å². The van der Waals surface area contributed by atoms with Crippen LogP contribution in [-0.4, -0.2) is 70.9 Å². The molecule has 0 saturated carbocycles. The zero-order chi connectivity index (χ0) is 38.5. The molecule has 0 saturated heterocycles. The minimum Gasteiger partial charge on any atom is -0.0690 e. The average molecular weight is 902 g/mol. The molecular formula is C40H84P2PdSi6+2. The van der Waals surface area contributed by atoms with E-state index in [1.165, 1.54) is 10.6 Å². The Labute approximate surface area is 331 Å². The van der Waals surface area contributed by atoms with Gasteiger partial charge < -0.3 is 0 Å². The second-order valence-corrected chi connectivity index (χ2v) is 79.6. The van der Waals surface area contributed by atoms with Gasteiger partial charge in [0, 0.05) is 36.3 Å². The van der Waals surface area contributed by atoms with Gasteiger partial charge >= 0.3 is 0 Å². The van der Waals surface area contributed by atoms with E-state index in [0.29, 0.717) is 20.2 Å². The van der Waals surface area contributed by atoms with Gasteiger partial charge in [0.05, 0.1) is 67.6 Å². The van der Waals surface area contributed by atoms with Crippen molar-refractivity contribution in [1.29, 1.82) is 0 Å². The van der Waals surface area contributed by atoms with Gasteiger partial charge in [0.1, 0.15) is 0 Å². The zero-order valence-corrected chi connectivity index (χ0v) is 46.6. The molecule has 2 aromatic carbocycles. The van der Waals surface area contributed by atoms with Crippen LogP contribution in [0.25, 0.3) is 0 Å². The normalized spacial score (nSPS) is 13.5. The summed E-state index contributed by atoms with van der Waals surface area (Å²) in [6, 6.07) is 21.4. The van der Waals surface area contributed by atoms with Crippen molar-refractivity contribution in [3.63, 3.8) is 0 Å². The van der Waals surface area contributed by atoms with Crippen molar-refractivity contribution in [3.05, 3.63) is 60.7 Å². The van der Waals surface area contributed by atoms with Gasteiger partial charge in [-0.2, -0.15) is 0 Å². The summed E-state index contributed by atoms with van der Waals surface area (Å²) in [7, 11) is -6.19. The monoisotopic (exact) mass is 900 g/mol. The van der Waals surface area contributed by atoms with Crippen molar-refractivity contribution in [2.45, 2.75) is 156 Å². The van der Waals surface area contributed by atoms with Gasteiger partial charge in [0.25, 0.3) is 0 Å². The van der Waals surface area contributed by atoms with Crippen LogP contribution in [0.2, 0.25) is 72.5 Å². The average Bonchev–Trinajstić information content (AvgIpc) is 2.90.